The molecule has 0 radical (unpaired) electrons. The molecule has 114 valence electrons. The molecule has 6 heteroatoms. The first-order valence-electron chi connectivity index (χ1n) is 7.53. The number of carbonyl (C=O) groups is 1. The van der Waals surface area contributed by atoms with Crippen molar-refractivity contribution in [3.8, 4) is 0 Å². The van der Waals surface area contributed by atoms with Gasteiger partial charge in [0.15, 0.2) is 0 Å². The van der Waals surface area contributed by atoms with Gasteiger partial charge in [-0.1, -0.05) is 0 Å². The fourth-order valence-corrected chi connectivity index (χ4v) is 3.21. The number of aryl methyl sites for hydroxylation is 1. The number of fused-ring (bicyclic) bond motifs is 1. The molecule has 1 saturated carbocycles. The van der Waals surface area contributed by atoms with Gasteiger partial charge in [0.25, 0.3) is 5.91 Å². The first-order chi connectivity index (χ1) is 10.2. The highest BCUT2D eigenvalue weighted by molar-refractivity contribution is 5.92. The quantitative estimate of drug-likeness (QED) is 0.837. The molecule has 3 rings (SSSR count). The number of carbonyl (C=O) groups excluding carboxylic acids is 1. The fourth-order valence-electron chi connectivity index (χ4n) is 3.21. The molecule has 0 aromatic carbocycles. The molecule has 1 aliphatic heterocycles. The van der Waals surface area contributed by atoms with E-state index in [0.717, 1.165) is 18.5 Å². The summed E-state index contributed by atoms with van der Waals surface area (Å²) in [7, 11) is 0. The van der Waals surface area contributed by atoms with Crippen LogP contribution in [0.25, 0.3) is 0 Å². The van der Waals surface area contributed by atoms with Gasteiger partial charge in [0.2, 0.25) is 0 Å². The molecule has 0 unspecified atom stereocenters. The SMILES string of the molecule is CCO[C@H]1CC[C@H]2[C@@H]1OCCN2C(=O)c1cnc(C)cn1. The number of ether oxygens (including phenoxy) is 2. The molecule has 3 atom stereocenters. The van der Waals surface area contributed by atoms with E-state index in [1.807, 2.05) is 18.7 Å². The predicted octanol–water partition coefficient (Wildman–Crippen LogP) is 1.19. The van der Waals surface area contributed by atoms with Gasteiger partial charge >= 0.3 is 0 Å². The highest BCUT2D eigenvalue weighted by Gasteiger charge is 2.45. The summed E-state index contributed by atoms with van der Waals surface area (Å²) in [6.45, 7) is 5.68. The Bertz CT molecular complexity index is 505. The Labute approximate surface area is 124 Å². The monoisotopic (exact) mass is 291 g/mol. The summed E-state index contributed by atoms with van der Waals surface area (Å²) < 4.78 is 11.6. The van der Waals surface area contributed by atoms with Crippen molar-refractivity contribution in [3.63, 3.8) is 0 Å². The van der Waals surface area contributed by atoms with Crippen LogP contribution in [0, 0.1) is 6.92 Å². The molecule has 0 N–H and O–H groups in total. The zero-order valence-corrected chi connectivity index (χ0v) is 12.5. The highest BCUT2D eigenvalue weighted by Crippen LogP contribution is 2.32. The molecule has 0 bridgehead atoms. The Hall–Kier alpha value is -1.53. The lowest BCUT2D eigenvalue weighted by atomic mass is 10.1. The summed E-state index contributed by atoms with van der Waals surface area (Å²) in [6, 6.07) is 0.0888. The molecule has 21 heavy (non-hydrogen) atoms. The van der Waals surface area contributed by atoms with Crippen molar-refractivity contribution < 1.29 is 14.3 Å². The van der Waals surface area contributed by atoms with Crippen molar-refractivity contribution in [2.24, 2.45) is 0 Å². The van der Waals surface area contributed by atoms with Crippen molar-refractivity contribution >= 4 is 5.91 Å². The zero-order valence-electron chi connectivity index (χ0n) is 12.5. The molecular weight excluding hydrogens is 270 g/mol. The second-order valence-corrected chi connectivity index (χ2v) is 5.52. The van der Waals surface area contributed by atoms with Crippen molar-refractivity contribution in [2.45, 2.75) is 44.9 Å². The van der Waals surface area contributed by atoms with E-state index in [9.17, 15) is 4.79 Å². The van der Waals surface area contributed by atoms with Crippen LogP contribution >= 0.6 is 0 Å². The van der Waals surface area contributed by atoms with Gasteiger partial charge in [0.05, 0.1) is 30.6 Å². The normalized spacial score (nSPS) is 28.5. The van der Waals surface area contributed by atoms with Crippen LogP contribution in [-0.4, -0.2) is 58.8 Å². The number of nitrogens with zero attached hydrogens (tertiary/aromatic N) is 3. The number of hydrogen-bond donors (Lipinski definition) is 0. The van der Waals surface area contributed by atoms with Crippen molar-refractivity contribution in [3.05, 3.63) is 23.8 Å². The standard InChI is InChI=1S/C15H21N3O3/c1-3-20-13-5-4-12-14(13)21-7-6-18(12)15(19)11-9-16-10(2)8-17-11/h8-9,12-14H,3-7H2,1-2H3/t12-,13-,14-/m0/s1. The van der Waals surface area contributed by atoms with Crippen molar-refractivity contribution in [1.29, 1.82) is 0 Å². The van der Waals surface area contributed by atoms with Crippen molar-refractivity contribution in [2.75, 3.05) is 19.8 Å². The van der Waals surface area contributed by atoms with Crippen LogP contribution < -0.4 is 0 Å². The van der Waals surface area contributed by atoms with Gasteiger partial charge in [-0.05, 0) is 26.7 Å². The minimum atomic E-state index is -0.0575. The van der Waals surface area contributed by atoms with Crippen LogP contribution in [0.4, 0.5) is 0 Å². The van der Waals surface area contributed by atoms with E-state index in [4.69, 9.17) is 9.47 Å². The molecule has 0 spiro atoms. The predicted molar refractivity (Wildman–Crippen MR) is 76.0 cm³/mol. The summed E-state index contributed by atoms with van der Waals surface area (Å²) in [6.07, 6.45) is 5.12. The second-order valence-electron chi connectivity index (χ2n) is 5.52. The third kappa shape index (κ3) is 2.78. The average molecular weight is 291 g/mol. The van der Waals surface area contributed by atoms with Gasteiger partial charge in [0, 0.05) is 19.3 Å². The van der Waals surface area contributed by atoms with Crippen LogP contribution in [0.1, 0.15) is 35.9 Å². The fraction of sp³-hybridized carbons (Fsp3) is 0.667. The van der Waals surface area contributed by atoms with Crippen LogP contribution in [0.3, 0.4) is 0 Å². The third-order valence-electron chi connectivity index (χ3n) is 4.18. The third-order valence-corrected chi connectivity index (χ3v) is 4.18. The van der Waals surface area contributed by atoms with E-state index in [1.165, 1.54) is 0 Å². The summed E-state index contributed by atoms with van der Waals surface area (Å²) >= 11 is 0. The summed E-state index contributed by atoms with van der Waals surface area (Å²) in [5.41, 5.74) is 1.21. The van der Waals surface area contributed by atoms with Crippen LogP contribution in [0.2, 0.25) is 0 Å². The van der Waals surface area contributed by atoms with E-state index >= 15 is 0 Å². The van der Waals surface area contributed by atoms with Gasteiger partial charge in [-0.15, -0.1) is 0 Å². The van der Waals surface area contributed by atoms with Crippen LogP contribution in [-0.2, 0) is 9.47 Å². The number of amides is 1. The molecule has 2 fully saturated rings. The maximum Gasteiger partial charge on any atom is 0.274 e. The number of hydrogen-bond acceptors (Lipinski definition) is 5. The van der Waals surface area contributed by atoms with Crippen molar-refractivity contribution in [1.82, 2.24) is 14.9 Å². The van der Waals surface area contributed by atoms with Gasteiger partial charge in [-0.25, -0.2) is 4.98 Å². The maximum atomic E-state index is 12.6. The van der Waals surface area contributed by atoms with E-state index in [1.54, 1.807) is 12.4 Å². The average Bonchev–Trinajstić information content (AvgIpc) is 2.91. The lowest BCUT2D eigenvalue weighted by Gasteiger charge is -2.38. The van der Waals surface area contributed by atoms with Gasteiger partial charge in [-0.3, -0.25) is 9.78 Å². The molecule has 1 amide bonds. The molecule has 1 aromatic rings. The van der Waals surface area contributed by atoms with Gasteiger partial charge in [0.1, 0.15) is 11.8 Å². The lowest BCUT2D eigenvalue weighted by Crippen LogP contribution is -2.54. The summed E-state index contributed by atoms with van der Waals surface area (Å²) in [5.74, 6) is -0.0575. The topological polar surface area (TPSA) is 64.6 Å². The smallest absolute Gasteiger partial charge is 0.274 e. The Morgan fingerprint density at radius 2 is 2.29 bits per heavy atom. The summed E-state index contributed by atoms with van der Waals surface area (Å²) in [4.78, 5) is 22.9. The Balaban J connectivity index is 1.76. The summed E-state index contributed by atoms with van der Waals surface area (Å²) in [5, 5.41) is 0. The minimum absolute atomic E-state index is 0.0129. The maximum absolute atomic E-state index is 12.6. The van der Waals surface area contributed by atoms with E-state index in [0.29, 0.717) is 25.5 Å². The molecule has 2 aliphatic rings. The van der Waals surface area contributed by atoms with Crippen LogP contribution in [0.15, 0.2) is 12.4 Å². The van der Waals surface area contributed by atoms with E-state index in [-0.39, 0.29) is 24.2 Å². The van der Waals surface area contributed by atoms with Crippen LogP contribution in [0.5, 0.6) is 0 Å². The number of rotatable bonds is 3. The largest absolute Gasteiger partial charge is 0.376 e. The lowest BCUT2D eigenvalue weighted by molar-refractivity contribution is -0.102. The Morgan fingerprint density at radius 3 is 3.00 bits per heavy atom. The zero-order chi connectivity index (χ0) is 14.8. The Kier molecular flexibility index (Phi) is 4.17. The minimum Gasteiger partial charge on any atom is -0.376 e. The molecule has 1 aliphatic carbocycles. The molecule has 1 saturated heterocycles. The van der Waals surface area contributed by atoms with E-state index < -0.39 is 0 Å². The van der Waals surface area contributed by atoms with Gasteiger partial charge < -0.3 is 14.4 Å². The molecule has 2 heterocycles. The van der Waals surface area contributed by atoms with E-state index in [2.05, 4.69) is 9.97 Å². The molecular formula is C15H21N3O3. The Morgan fingerprint density at radius 1 is 1.43 bits per heavy atom. The van der Waals surface area contributed by atoms with Gasteiger partial charge in [-0.2, -0.15) is 0 Å². The second kappa shape index (κ2) is 6.07. The first-order valence-corrected chi connectivity index (χ1v) is 7.53. The number of aromatic nitrogens is 2. The highest BCUT2D eigenvalue weighted by atomic mass is 16.5. The number of morpholine rings is 1. The first kappa shape index (κ1) is 14.4. The molecule has 1 aromatic heterocycles. The molecule has 6 nitrogen and oxygen atoms in total.